The fraction of sp³-hybridized carbons (Fsp3) is 0.500. The summed E-state index contributed by atoms with van der Waals surface area (Å²) in [7, 11) is 1.48. The molecule has 0 radical (unpaired) electrons. The van der Waals surface area contributed by atoms with Crippen LogP contribution in [0.2, 0.25) is 0 Å². The van der Waals surface area contributed by atoms with Crippen molar-refractivity contribution in [1.29, 1.82) is 0 Å². The largest absolute Gasteiger partial charge is 0.496 e. The van der Waals surface area contributed by atoms with Crippen LogP contribution in [0, 0.1) is 18.2 Å². The highest BCUT2D eigenvalue weighted by Crippen LogP contribution is 2.40. The van der Waals surface area contributed by atoms with Gasteiger partial charge in [-0.2, -0.15) is 0 Å². The van der Waals surface area contributed by atoms with Crippen LogP contribution < -0.4 is 10.5 Å². The number of hydrogen-bond donors (Lipinski definition) is 1. The maximum absolute atomic E-state index is 14.4. The molecule has 1 saturated heterocycles. The van der Waals surface area contributed by atoms with E-state index in [1.165, 1.54) is 19.2 Å². The predicted molar refractivity (Wildman–Crippen MR) is 98.0 cm³/mol. The van der Waals surface area contributed by atoms with Crippen molar-refractivity contribution in [3.8, 4) is 5.75 Å². The molecule has 1 fully saturated rings. The van der Waals surface area contributed by atoms with Gasteiger partial charge >= 0.3 is 0 Å². The number of morpholine rings is 1. The molecule has 1 aliphatic carbocycles. The van der Waals surface area contributed by atoms with E-state index in [4.69, 9.17) is 15.2 Å². The van der Waals surface area contributed by atoms with Gasteiger partial charge in [-0.05, 0) is 37.1 Å². The van der Waals surface area contributed by atoms with Crippen LogP contribution in [-0.2, 0) is 9.53 Å². The Bertz CT molecular complexity index is 834. The number of nitrogens with zero attached hydrogens (tertiary/aromatic N) is 1. The number of amides is 1. The van der Waals surface area contributed by atoms with Crippen LogP contribution in [0.1, 0.15) is 36.2 Å². The molecule has 7 heteroatoms. The van der Waals surface area contributed by atoms with Crippen LogP contribution in [0.4, 0.5) is 4.39 Å². The van der Waals surface area contributed by atoms with Crippen molar-refractivity contribution in [3.63, 3.8) is 0 Å². The van der Waals surface area contributed by atoms with Gasteiger partial charge in [-0.3, -0.25) is 9.59 Å². The van der Waals surface area contributed by atoms with Crippen molar-refractivity contribution in [2.24, 2.45) is 11.1 Å². The average Bonchev–Trinajstić information content (AvgIpc) is 2.59. The van der Waals surface area contributed by atoms with Crippen molar-refractivity contribution < 1.29 is 23.5 Å². The summed E-state index contributed by atoms with van der Waals surface area (Å²) in [6.45, 7) is 6.16. The van der Waals surface area contributed by atoms with Gasteiger partial charge in [0.05, 0.1) is 31.5 Å². The van der Waals surface area contributed by atoms with Gasteiger partial charge in [0.15, 0.2) is 5.78 Å². The number of nitrogens with two attached hydrogens (primary N) is 1. The van der Waals surface area contributed by atoms with E-state index in [9.17, 15) is 14.0 Å². The minimum Gasteiger partial charge on any atom is -0.496 e. The quantitative estimate of drug-likeness (QED) is 0.856. The molecule has 1 spiro atoms. The number of Topliss-reactive ketones (excluding diaryl/α,β-unsaturated/α-hetero) is 1. The van der Waals surface area contributed by atoms with Gasteiger partial charge in [-0.15, -0.1) is 0 Å². The third kappa shape index (κ3) is 3.43. The minimum absolute atomic E-state index is 0.0439. The second kappa shape index (κ2) is 6.64. The number of hydrogen-bond acceptors (Lipinski definition) is 5. The van der Waals surface area contributed by atoms with E-state index in [-0.39, 0.29) is 30.2 Å². The van der Waals surface area contributed by atoms with Gasteiger partial charge in [0.2, 0.25) is 0 Å². The molecule has 0 aromatic heterocycles. The SMILES string of the molecule is COc1cc(C(=O)N2CCOC3(C=C(N)C(=O)C(C)(C)C3)C2)c(F)cc1C. The van der Waals surface area contributed by atoms with E-state index in [1.807, 2.05) is 13.8 Å². The Morgan fingerprint density at radius 3 is 2.70 bits per heavy atom. The molecule has 0 bridgehead atoms. The van der Waals surface area contributed by atoms with Crippen LogP contribution >= 0.6 is 0 Å². The maximum Gasteiger partial charge on any atom is 0.257 e. The van der Waals surface area contributed by atoms with E-state index < -0.39 is 22.7 Å². The minimum atomic E-state index is -0.847. The maximum atomic E-state index is 14.4. The summed E-state index contributed by atoms with van der Waals surface area (Å²) >= 11 is 0. The Hall–Kier alpha value is -2.41. The van der Waals surface area contributed by atoms with Crippen LogP contribution in [0.15, 0.2) is 23.9 Å². The molecular weight excluding hydrogens is 351 g/mol. The third-order valence-electron chi connectivity index (χ3n) is 5.25. The Morgan fingerprint density at radius 1 is 1.37 bits per heavy atom. The number of allylic oxidation sites excluding steroid dienone is 1. The molecule has 1 unspecified atom stereocenters. The van der Waals surface area contributed by atoms with Crippen LogP contribution in [0.25, 0.3) is 0 Å². The fourth-order valence-corrected chi connectivity index (χ4v) is 4.00. The second-order valence-corrected chi connectivity index (χ2v) is 7.93. The highest BCUT2D eigenvalue weighted by Gasteiger charge is 2.48. The summed E-state index contributed by atoms with van der Waals surface area (Å²) in [6, 6.07) is 2.72. The van der Waals surface area contributed by atoms with Crippen LogP contribution in [0.5, 0.6) is 5.75 Å². The number of carbonyl (C=O) groups excluding carboxylic acids is 2. The lowest BCUT2D eigenvalue weighted by atomic mass is 9.71. The monoisotopic (exact) mass is 376 g/mol. The third-order valence-corrected chi connectivity index (χ3v) is 5.25. The van der Waals surface area contributed by atoms with Gasteiger partial charge < -0.3 is 20.1 Å². The number of aryl methyl sites for hydroxylation is 1. The summed E-state index contributed by atoms with van der Waals surface area (Å²) in [6.07, 6.45) is 2.01. The van der Waals surface area contributed by atoms with E-state index in [2.05, 4.69) is 0 Å². The van der Waals surface area contributed by atoms with Gasteiger partial charge in [-0.1, -0.05) is 13.8 Å². The normalized spacial score (nSPS) is 24.7. The zero-order chi connectivity index (χ0) is 20.0. The molecule has 2 N–H and O–H groups in total. The van der Waals surface area contributed by atoms with E-state index in [0.717, 1.165) is 0 Å². The molecular formula is C20H25FN2O4. The van der Waals surface area contributed by atoms with E-state index in [0.29, 0.717) is 24.3 Å². The van der Waals surface area contributed by atoms with Crippen molar-refractivity contribution in [2.45, 2.75) is 32.8 Å². The lowest BCUT2D eigenvalue weighted by molar-refractivity contribution is -0.135. The summed E-state index contributed by atoms with van der Waals surface area (Å²) in [5, 5.41) is 0. The Morgan fingerprint density at radius 2 is 2.07 bits per heavy atom. The summed E-state index contributed by atoms with van der Waals surface area (Å²) in [5.41, 5.74) is 5.10. The Kier molecular flexibility index (Phi) is 4.76. The first-order chi connectivity index (χ1) is 12.6. The van der Waals surface area contributed by atoms with E-state index >= 15 is 0 Å². The molecule has 146 valence electrons. The molecule has 1 aliphatic heterocycles. The molecule has 3 rings (SSSR count). The van der Waals surface area contributed by atoms with Crippen LogP contribution in [0.3, 0.4) is 0 Å². The molecule has 6 nitrogen and oxygen atoms in total. The fourth-order valence-electron chi connectivity index (χ4n) is 4.00. The summed E-state index contributed by atoms with van der Waals surface area (Å²) < 4.78 is 25.6. The summed E-state index contributed by atoms with van der Waals surface area (Å²) in [5.74, 6) is -0.700. The van der Waals surface area contributed by atoms with Crippen LogP contribution in [-0.4, -0.2) is 49.0 Å². The Balaban J connectivity index is 1.91. The number of ether oxygens (including phenoxy) is 2. The van der Waals surface area contributed by atoms with Crippen molar-refractivity contribution in [3.05, 3.63) is 40.8 Å². The van der Waals surface area contributed by atoms with Crippen molar-refractivity contribution in [2.75, 3.05) is 26.8 Å². The number of carbonyl (C=O) groups is 2. The van der Waals surface area contributed by atoms with Gasteiger partial charge in [-0.25, -0.2) is 4.39 Å². The first-order valence-corrected chi connectivity index (χ1v) is 8.89. The zero-order valence-corrected chi connectivity index (χ0v) is 16.1. The number of halogens is 1. The first kappa shape index (κ1) is 19.4. The van der Waals surface area contributed by atoms with Gasteiger partial charge in [0.1, 0.15) is 17.2 Å². The van der Waals surface area contributed by atoms with Crippen molar-refractivity contribution in [1.82, 2.24) is 4.90 Å². The predicted octanol–water partition coefficient (Wildman–Crippen LogP) is 2.20. The highest BCUT2D eigenvalue weighted by atomic mass is 19.1. The summed E-state index contributed by atoms with van der Waals surface area (Å²) in [4.78, 5) is 26.8. The van der Waals surface area contributed by atoms with E-state index in [1.54, 1.807) is 17.9 Å². The molecule has 0 saturated carbocycles. The number of methoxy groups -OCH3 is 1. The number of benzene rings is 1. The molecule has 1 amide bonds. The Labute approximate surface area is 158 Å². The van der Waals surface area contributed by atoms with Gasteiger partial charge in [0.25, 0.3) is 5.91 Å². The zero-order valence-electron chi connectivity index (χ0n) is 16.1. The topological polar surface area (TPSA) is 81.9 Å². The lowest BCUT2D eigenvalue weighted by Gasteiger charge is -2.46. The molecule has 27 heavy (non-hydrogen) atoms. The molecule has 2 aliphatic rings. The number of ketones is 1. The molecule has 1 atom stereocenters. The molecule has 1 heterocycles. The average molecular weight is 376 g/mol. The van der Waals surface area contributed by atoms with Crippen molar-refractivity contribution >= 4 is 11.7 Å². The lowest BCUT2D eigenvalue weighted by Crippen LogP contribution is -2.57. The highest BCUT2D eigenvalue weighted by molar-refractivity contribution is 6.00. The standard InChI is InChI=1S/C20H25FN2O4/c1-12-7-14(21)13(8-16(12)26-4)18(25)23-5-6-27-20(11-23)9-15(22)17(24)19(2,3)10-20/h7-9H,5-6,10-11,22H2,1-4H3. The molecule has 1 aromatic rings. The molecule has 1 aromatic carbocycles. The van der Waals surface area contributed by atoms with Gasteiger partial charge in [0, 0.05) is 12.0 Å². The number of rotatable bonds is 2. The smallest absolute Gasteiger partial charge is 0.257 e. The first-order valence-electron chi connectivity index (χ1n) is 8.89. The second-order valence-electron chi connectivity index (χ2n) is 7.93.